The van der Waals surface area contributed by atoms with E-state index in [0.717, 1.165) is 32.5 Å². The van der Waals surface area contributed by atoms with E-state index in [1.807, 2.05) is 11.3 Å². The van der Waals surface area contributed by atoms with Gasteiger partial charge in [0.15, 0.2) is 0 Å². The van der Waals surface area contributed by atoms with Crippen LogP contribution in [0.4, 0.5) is 0 Å². The zero-order valence-electron chi connectivity index (χ0n) is 11.2. The van der Waals surface area contributed by atoms with Crippen molar-refractivity contribution in [2.75, 3.05) is 19.7 Å². The molecule has 2 atom stereocenters. The Morgan fingerprint density at radius 2 is 2.44 bits per heavy atom. The summed E-state index contributed by atoms with van der Waals surface area (Å²) in [6.07, 6.45) is 3.81. The summed E-state index contributed by atoms with van der Waals surface area (Å²) < 4.78 is 7.09. The third kappa shape index (κ3) is 3.16. The molecule has 18 heavy (non-hydrogen) atoms. The largest absolute Gasteiger partial charge is 0.378 e. The third-order valence-corrected chi connectivity index (χ3v) is 5.86. The second kappa shape index (κ2) is 6.51. The maximum Gasteiger partial charge on any atom is 0.0619 e. The highest BCUT2D eigenvalue weighted by atomic mass is 79.9. The van der Waals surface area contributed by atoms with Crippen LogP contribution in [0, 0.1) is 5.41 Å². The van der Waals surface area contributed by atoms with E-state index >= 15 is 0 Å². The molecule has 1 aliphatic heterocycles. The van der Waals surface area contributed by atoms with Crippen molar-refractivity contribution in [1.82, 2.24) is 5.32 Å². The van der Waals surface area contributed by atoms with Gasteiger partial charge in [0.1, 0.15) is 0 Å². The molecule has 0 radical (unpaired) electrons. The summed E-state index contributed by atoms with van der Waals surface area (Å²) in [6.45, 7) is 7.50. The smallest absolute Gasteiger partial charge is 0.0619 e. The van der Waals surface area contributed by atoms with Gasteiger partial charge < -0.3 is 10.1 Å². The number of halogens is 1. The van der Waals surface area contributed by atoms with Crippen LogP contribution in [0.15, 0.2) is 15.9 Å². The van der Waals surface area contributed by atoms with Crippen molar-refractivity contribution in [2.45, 2.75) is 39.2 Å². The predicted octanol–water partition coefficient (Wildman–Crippen LogP) is 3.85. The van der Waals surface area contributed by atoms with Crippen LogP contribution < -0.4 is 5.32 Å². The number of thiophene rings is 1. The van der Waals surface area contributed by atoms with Gasteiger partial charge in [0, 0.05) is 27.9 Å². The van der Waals surface area contributed by atoms with Crippen molar-refractivity contribution in [1.29, 1.82) is 0 Å². The van der Waals surface area contributed by atoms with Crippen molar-refractivity contribution < 1.29 is 4.74 Å². The molecule has 102 valence electrons. The Hall–Kier alpha value is 0.1000. The SMILES string of the molecule is CCCNCC1(Cc2sccc2Br)CCOC1C. The average molecular weight is 332 g/mol. The maximum atomic E-state index is 5.84. The zero-order valence-corrected chi connectivity index (χ0v) is 13.6. The van der Waals surface area contributed by atoms with Crippen molar-refractivity contribution in [3.8, 4) is 0 Å². The molecule has 1 aromatic rings. The Balaban J connectivity index is 2.07. The summed E-state index contributed by atoms with van der Waals surface area (Å²) in [6, 6.07) is 2.15. The van der Waals surface area contributed by atoms with E-state index in [2.05, 4.69) is 46.5 Å². The Morgan fingerprint density at radius 1 is 1.61 bits per heavy atom. The maximum absolute atomic E-state index is 5.84. The number of hydrogen-bond acceptors (Lipinski definition) is 3. The van der Waals surface area contributed by atoms with Gasteiger partial charge in [-0.3, -0.25) is 0 Å². The molecule has 1 aliphatic rings. The summed E-state index contributed by atoms with van der Waals surface area (Å²) in [5.74, 6) is 0. The first kappa shape index (κ1) is 14.5. The van der Waals surface area contributed by atoms with Gasteiger partial charge >= 0.3 is 0 Å². The molecule has 2 unspecified atom stereocenters. The molecule has 0 aromatic carbocycles. The van der Waals surface area contributed by atoms with Crippen LogP contribution in [-0.4, -0.2) is 25.8 Å². The molecule has 1 fully saturated rings. The van der Waals surface area contributed by atoms with Gasteiger partial charge in [-0.25, -0.2) is 0 Å². The fourth-order valence-electron chi connectivity index (χ4n) is 2.63. The summed E-state index contributed by atoms with van der Waals surface area (Å²) in [5, 5.41) is 5.75. The zero-order chi connectivity index (χ0) is 13.0. The van der Waals surface area contributed by atoms with Gasteiger partial charge in [-0.05, 0) is 60.1 Å². The van der Waals surface area contributed by atoms with Crippen molar-refractivity contribution in [3.63, 3.8) is 0 Å². The quantitative estimate of drug-likeness (QED) is 0.799. The first-order valence-corrected chi connectivity index (χ1v) is 8.39. The fraction of sp³-hybridized carbons (Fsp3) is 0.714. The number of hydrogen-bond donors (Lipinski definition) is 1. The van der Waals surface area contributed by atoms with E-state index < -0.39 is 0 Å². The molecule has 2 heterocycles. The molecule has 1 saturated heterocycles. The molecule has 2 rings (SSSR count). The standard InChI is InChI=1S/C14H22BrNOS/c1-3-6-16-10-14(5-7-17-11(14)2)9-13-12(15)4-8-18-13/h4,8,11,16H,3,5-7,9-10H2,1-2H3. The van der Waals surface area contributed by atoms with E-state index in [4.69, 9.17) is 4.74 Å². The minimum atomic E-state index is 0.266. The third-order valence-electron chi connectivity index (χ3n) is 3.94. The highest BCUT2D eigenvalue weighted by Crippen LogP contribution is 2.40. The molecule has 0 bridgehead atoms. The van der Waals surface area contributed by atoms with E-state index in [9.17, 15) is 0 Å². The molecule has 0 saturated carbocycles. The van der Waals surface area contributed by atoms with Crippen molar-refractivity contribution >= 4 is 27.3 Å². The topological polar surface area (TPSA) is 21.3 Å². The summed E-state index contributed by atoms with van der Waals surface area (Å²) in [5.41, 5.74) is 0.266. The molecule has 4 heteroatoms. The van der Waals surface area contributed by atoms with Gasteiger partial charge in [0.25, 0.3) is 0 Å². The van der Waals surface area contributed by atoms with E-state index in [-0.39, 0.29) is 5.41 Å². The first-order valence-electron chi connectivity index (χ1n) is 6.72. The molecule has 1 aromatic heterocycles. The van der Waals surface area contributed by atoms with Crippen LogP contribution in [0.5, 0.6) is 0 Å². The minimum Gasteiger partial charge on any atom is -0.378 e. The summed E-state index contributed by atoms with van der Waals surface area (Å²) >= 11 is 5.49. The number of nitrogens with one attached hydrogen (secondary N) is 1. The van der Waals surface area contributed by atoms with Gasteiger partial charge in [-0.15, -0.1) is 11.3 Å². The highest BCUT2D eigenvalue weighted by molar-refractivity contribution is 9.10. The van der Waals surface area contributed by atoms with Crippen LogP contribution in [0.2, 0.25) is 0 Å². The average Bonchev–Trinajstić information content (AvgIpc) is 2.89. The van der Waals surface area contributed by atoms with Gasteiger partial charge in [-0.1, -0.05) is 6.92 Å². The monoisotopic (exact) mass is 331 g/mol. The highest BCUT2D eigenvalue weighted by Gasteiger charge is 2.41. The number of rotatable bonds is 6. The van der Waals surface area contributed by atoms with Crippen LogP contribution in [0.1, 0.15) is 31.6 Å². The summed E-state index contributed by atoms with van der Waals surface area (Å²) in [4.78, 5) is 1.45. The Labute approximate surface area is 122 Å². The Bertz CT molecular complexity index is 382. The van der Waals surface area contributed by atoms with Crippen LogP contribution in [0.25, 0.3) is 0 Å². The Morgan fingerprint density at radius 3 is 3.00 bits per heavy atom. The lowest BCUT2D eigenvalue weighted by Gasteiger charge is -2.32. The molecule has 2 nitrogen and oxygen atoms in total. The number of ether oxygens (including phenoxy) is 1. The lowest BCUT2D eigenvalue weighted by atomic mass is 9.78. The minimum absolute atomic E-state index is 0.266. The van der Waals surface area contributed by atoms with Crippen LogP contribution >= 0.6 is 27.3 Å². The van der Waals surface area contributed by atoms with Gasteiger partial charge in [0.05, 0.1) is 6.10 Å². The lowest BCUT2D eigenvalue weighted by Crippen LogP contribution is -2.41. The molecular weight excluding hydrogens is 310 g/mol. The molecular formula is C14H22BrNOS. The van der Waals surface area contributed by atoms with Crippen LogP contribution in [0.3, 0.4) is 0 Å². The molecule has 0 aliphatic carbocycles. The van der Waals surface area contributed by atoms with Gasteiger partial charge in [0.2, 0.25) is 0 Å². The fourth-order valence-corrected chi connectivity index (χ4v) is 4.28. The van der Waals surface area contributed by atoms with Crippen molar-refractivity contribution in [2.24, 2.45) is 5.41 Å². The Kier molecular flexibility index (Phi) is 5.24. The van der Waals surface area contributed by atoms with Gasteiger partial charge in [-0.2, -0.15) is 0 Å². The second-order valence-corrected chi connectivity index (χ2v) is 7.03. The van der Waals surface area contributed by atoms with E-state index in [0.29, 0.717) is 6.10 Å². The lowest BCUT2D eigenvalue weighted by molar-refractivity contribution is 0.0634. The second-order valence-electron chi connectivity index (χ2n) is 5.17. The molecule has 0 spiro atoms. The van der Waals surface area contributed by atoms with Crippen molar-refractivity contribution in [3.05, 3.63) is 20.8 Å². The molecule has 0 amide bonds. The summed E-state index contributed by atoms with van der Waals surface area (Å²) in [7, 11) is 0. The van der Waals surface area contributed by atoms with E-state index in [1.54, 1.807) is 0 Å². The predicted molar refractivity (Wildman–Crippen MR) is 81.3 cm³/mol. The first-order chi connectivity index (χ1) is 8.68. The van der Waals surface area contributed by atoms with E-state index in [1.165, 1.54) is 15.8 Å². The normalized spacial score (nSPS) is 27.8. The van der Waals surface area contributed by atoms with Crippen LogP contribution in [-0.2, 0) is 11.2 Å². The molecule has 1 N–H and O–H groups in total.